The minimum absolute atomic E-state index is 0.134. The topological polar surface area (TPSA) is 44.5 Å². The van der Waals surface area contributed by atoms with Crippen LogP contribution in [0, 0.1) is 5.82 Å². The molecular weight excluding hydrogens is 197 g/mol. The highest BCUT2D eigenvalue weighted by Gasteiger charge is 2.15. The molecule has 1 fully saturated rings. The Morgan fingerprint density at radius 1 is 1.47 bits per heavy atom. The van der Waals surface area contributed by atoms with Gasteiger partial charge in [-0.25, -0.2) is 4.39 Å². The maximum absolute atomic E-state index is 13.0. The van der Waals surface area contributed by atoms with Crippen LogP contribution in [0.15, 0.2) is 18.2 Å². The Bertz CT molecular complexity index is 317. The largest absolute Gasteiger partial charge is 0.399 e. The number of benzene rings is 1. The van der Waals surface area contributed by atoms with E-state index in [0.29, 0.717) is 18.9 Å². The molecular formula is C11H14FNO2. The van der Waals surface area contributed by atoms with Crippen molar-refractivity contribution >= 4 is 5.69 Å². The van der Waals surface area contributed by atoms with Crippen LogP contribution in [0.3, 0.4) is 0 Å². The summed E-state index contributed by atoms with van der Waals surface area (Å²) in [5, 5.41) is 0. The van der Waals surface area contributed by atoms with Crippen molar-refractivity contribution in [2.75, 3.05) is 18.9 Å². The van der Waals surface area contributed by atoms with Crippen LogP contribution in [-0.2, 0) is 16.1 Å². The van der Waals surface area contributed by atoms with Crippen molar-refractivity contribution in [2.24, 2.45) is 0 Å². The van der Waals surface area contributed by atoms with Gasteiger partial charge in [-0.2, -0.15) is 0 Å². The van der Waals surface area contributed by atoms with Gasteiger partial charge in [-0.05, 0) is 30.2 Å². The zero-order valence-corrected chi connectivity index (χ0v) is 8.41. The van der Waals surface area contributed by atoms with Gasteiger partial charge in [-0.1, -0.05) is 0 Å². The standard InChI is InChI=1S/C11H14FNO2/c12-9-3-8(4-10(13)5-9)6-15-11-1-2-14-7-11/h3-5,11H,1-2,6-7,13H2. The molecule has 1 aromatic carbocycles. The third-order valence-electron chi connectivity index (χ3n) is 2.35. The molecule has 1 aromatic rings. The lowest BCUT2D eigenvalue weighted by Crippen LogP contribution is -2.12. The van der Waals surface area contributed by atoms with Crippen molar-refractivity contribution in [1.29, 1.82) is 0 Å². The first-order valence-electron chi connectivity index (χ1n) is 4.98. The highest BCUT2D eigenvalue weighted by Crippen LogP contribution is 2.15. The number of halogens is 1. The van der Waals surface area contributed by atoms with Crippen molar-refractivity contribution in [2.45, 2.75) is 19.1 Å². The van der Waals surface area contributed by atoms with E-state index in [-0.39, 0.29) is 11.9 Å². The van der Waals surface area contributed by atoms with Crippen LogP contribution in [-0.4, -0.2) is 19.3 Å². The molecule has 0 spiro atoms. The first-order chi connectivity index (χ1) is 7.24. The third-order valence-corrected chi connectivity index (χ3v) is 2.35. The van der Waals surface area contributed by atoms with Gasteiger partial charge in [-0.15, -0.1) is 0 Å². The predicted molar refractivity (Wildman–Crippen MR) is 54.8 cm³/mol. The second-order valence-corrected chi connectivity index (χ2v) is 3.69. The van der Waals surface area contributed by atoms with Gasteiger partial charge in [0.2, 0.25) is 0 Å². The van der Waals surface area contributed by atoms with Crippen LogP contribution in [0.25, 0.3) is 0 Å². The van der Waals surface area contributed by atoms with E-state index < -0.39 is 0 Å². The summed E-state index contributed by atoms with van der Waals surface area (Å²) < 4.78 is 23.7. The average molecular weight is 211 g/mol. The average Bonchev–Trinajstić information content (AvgIpc) is 2.65. The number of rotatable bonds is 3. The molecule has 1 saturated heterocycles. The number of anilines is 1. The van der Waals surface area contributed by atoms with Gasteiger partial charge in [0.05, 0.1) is 19.3 Å². The molecule has 0 radical (unpaired) electrons. The summed E-state index contributed by atoms with van der Waals surface area (Å²) in [6.45, 7) is 1.76. The van der Waals surface area contributed by atoms with E-state index >= 15 is 0 Å². The van der Waals surface area contributed by atoms with E-state index in [0.717, 1.165) is 18.6 Å². The summed E-state index contributed by atoms with van der Waals surface area (Å²) in [4.78, 5) is 0. The first kappa shape index (κ1) is 10.4. The fraction of sp³-hybridized carbons (Fsp3) is 0.455. The number of ether oxygens (including phenoxy) is 2. The molecule has 3 nitrogen and oxygen atoms in total. The Kier molecular flexibility index (Phi) is 3.18. The molecule has 82 valence electrons. The monoisotopic (exact) mass is 211 g/mol. The zero-order chi connectivity index (χ0) is 10.7. The lowest BCUT2D eigenvalue weighted by atomic mass is 10.2. The lowest BCUT2D eigenvalue weighted by molar-refractivity contribution is 0.0317. The van der Waals surface area contributed by atoms with Crippen LogP contribution >= 0.6 is 0 Å². The van der Waals surface area contributed by atoms with Crippen molar-refractivity contribution in [3.63, 3.8) is 0 Å². The second kappa shape index (κ2) is 4.59. The van der Waals surface area contributed by atoms with Gasteiger partial charge in [0.25, 0.3) is 0 Å². The second-order valence-electron chi connectivity index (χ2n) is 3.69. The quantitative estimate of drug-likeness (QED) is 0.774. The molecule has 15 heavy (non-hydrogen) atoms. The Morgan fingerprint density at radius 2 is 2.33 bits per heavy atom. The molecule has 4 heteroatoms. The van der Waals surface area contributed by atoms with E-state index in [2.05, 4.69) is 0 Å². The van der Waals surface area contributed by atoms with Crippen molar-refractivity contribution in [3.8, 4) is 0 Å². The van der Waals surface area contributed by atoms with E-state index in [1.807, 2.05) is 0 Å². The van der Waals surface area contributed by atoms with Gasteiger partial charge in [-0.3, -0.25) is 0 Å². The summed E-state index contributed by atoms with van der Waals surface area (Å²) in [6, 6.07) is 4.45. The van der Waals surface area contributed by atoms with Crippen LogP contribution in [0.2, 0.25) is 0 Å². The van der Waals surface area contributed by atoms with Gasteiger partial charge >= 0.3 is 0 Å². The summed E-state index contributed by atoms with van der Waals surface area (Å²) in [5.41, 5.74) is 6.71. The highest BCUT2D eigenvalue weighted by atomic mass is 19.1. The number of nitrogen functional groups attached to an aromatic ring is 1. The van der Waals surface area contributed by atoms with E-state index in [4.69, 9.17) is 15.2 Å². The molecule has 2 N–H and O–H groups in total. The fourth-order valence-corrected chi connectivity index (χ4v) is 1.62. The molecule has 1 unspecified atom stereocenters. The Labute approximate surface area is 88.0 Å². The Balaban J connectivity index is 1.92. The van der Waals surface area contributed by atoms with E-state index in [1.165, 1.54) is 12.1 Å². The third kappa shape index (κ3) is 2.91. The Hall–Kier alpha value is -1.13. The maximum Gasteiger partial charge on any atom is 0.125 e. The lowest BCUT2D eigenvalue weighted by Gasteiger charge is -2.10. The minimum atomic E-state index is -0.323. The number of nitrogens with two attached hydrogens (primary N) is 1. The summed E-state index contributed by atoms with van der Waals surface area (Å²) in [5.74, 6) is -0.323. The normalized spacial score (nSPS) is 20.7. The molecule has 1 aliphatic rings. The van der Waals surface area contributed by atoms with Crippen LogP contribution in [0.5, 0.6) is 0 Å². The summed E-state index contributed by atoms with van der Waals surface area (Å²) >= 11 is 0. The SMILES string of the molecule is Nc1cc(F)cc(COC2CCOC2)c1. The molecule has 1 atom stereocenters. The first-order valence-corrected chi connectivity index (χ1v) is 4.98. The smallest absolute Gasteiger partial charge is 0.125 e. The molecule has 1 aliphatic heterocycles. The zero-order valence-electron chi connectivity index (χ0n) is 8.41. The summed E-state index contributed by atoms with van der Waals surface area (Å²) in [6.07, 6.45) is 1.04. The minimum Gasteiger partial charge on any atom is -0.399 e. The fourth-order valence-electron chi connectivity index (χ4n) is 1.62. The van der Waals surface area contributed by atoms with Gasteiger partial charge < -0.3 is 15.2 Å². The van der Waals surface area contributed by atoms with Gasteiger partial charge in [0.15, 0.2) is 0 Å². The van der Waals surface area contributed by atoms with Gasteiger partial charge in [0.1, 0.15) is 5.82 Å². The highest BCUT2D eigenvalue weighted by molar-refractivity contribution is 5.41. The number of hydrogen-bond donors (Lipinski definition) is 1. The molecule has 0 saturated carbocycles. The maximum atomic E-state index is 13.0. The van der Waals surface area contributed by atoms with Gasteiger partial charge in [0, 0.05) is 12.3 Å². The molecule has 2 rings (SSSR count). The van der Waals surface area contributed by atoms with Crippen molar-refractivity contribution in [3.05, 3.63) is 29.6 Å². The van der Waals surface area contributed by atoms with E-state index in [1.54, 1.807) is 6.07 Å². The van der Waals surface area contributed by atoms with Crippen molar-refractivity contribution < 1.29 is 13.9 Å². The van der Waals surface area contributed by atoms with Crippen molar-refractivity contribution in [1.82, 2.24) is 0 Å². The van der Waals surface area contributed by atoms with Crippen LogP contribution < -0.4 is 5.73 Å². The summed E-state index contributed by atoms with van der Waals surface area (Å²) in [7, 11) is 0. The van der Waals surface area contributed by atoms with E-state index in [9.17, 15) is 4.39 Å². The van der Waals surface area contributed by atoms with Crippen LogP contribution in [0.1, 0.15) is 12.0 Å². The number of hydrogen-bond acceptors (Lipinski definition) is 3. The molecule has 1 heterocycles. The van der Waals surface area contributed by atoms with Crippen LogP contribution in [0.4, 0.5) is 10.1 Å². The Morgan fingerprint density at radius 3 is 3.00 bits per heavy atom. The molecule has 0 bridgehead atoms. The molecule has 0 amide bonds. The molecule has 0 aliphatic carbocycles. The molecule has 0 aromatic heterocycles. The predicted octanol–water partition coefficient (Wildman–Crippen LogP) is 1.71.